The van der Waals surface area contributed by atoms with Crippen LogP contribution in [0.3, 0.4) is 0 Å². The molecule has 0 amide bonds. The highest BCUT2D eigenvalue weighted by Crippen LogP contribution is 2.21. The van der Waals surface area contributed by atoms with Gasteiger partial charge in [0.05, 0.1) is 6.04 Å². The summed E-state index contributed by atoms with van der Waals surface area (Å²) in [4.78, 5) is 4.63. The van der Waals surface area contributed by atoms with Crippen molar-refractivity contribution in [2.75, 3.05) is 12.5 Å². The molecular weight excluding hydrogens is 210 g/mol. The molecule has 14 heavy (non-hydrogen) atoms. The molecule has 1 aromatic carbocycles. The quantitative estimate of drug-likeness (QED) is 0.560. The second kappa shape index (κ2) is 6.14. The van der Waals surface area contributed by atoms with E-state index in [0.29, 0.717) is 0 Å². The van der Waals surface area contributed by atoms with Gasteiger partial charge in [-0.1, -0.05) is 30.3 Å². The fourth-order valence-electron chi connectivity index (χ4n) is 1.15. The van der Waals surface area contributed by atoms with E-state index in [9.17, 15) is 0 Å². The number of benzene rings is 1. The van der Waals surface area contributed by atoms with Crippen LogP contribution in [0, 0.1) is 0 Å². The van der Waals surface area contributed by atoms with Crippen LogP contribution in [0.1, 0.15) is 18.5 Å². The number of hydrogen-bond donors (Lipinski definition) is 0. The largest absolute Gasteiger partial charge is 0.264 e. The summed E-state index contributed by atoms with van der Waals surface area (Å²) in [5.41, 5.74) is 1.27. The third-order valence-electron chi connectivity index (χ3n) is 1.93. The van der Waals surface area contributed by atoms with E-state index in [4.69, 9.17) is 0 Å². The minimum Gasteiger partial charge on any atom is -0.264 e. The molecule has 1 aromatic rings. The zero-order valence-corrected chi connectivity index (χ0v) is 10.4. The van der Waals surface area contributed by atoms with Crippen LogP contribution in [0.25, 0.3) is 0 Å². The van der Waals surface area contributed by atoms with Crippen LogP contribution in [0.2, 0.25) is 0 Å². The van der Waals surface area contributed by atoms with Crippen molar-refractivity contribution in [3.63, 3.8) is 0 Å². The Hall–Kier alpha value is -0.410. The highest BCUT2D eigenvalue weighted by Gasteiger charge is 2.03. The maximum Gasteiger partial charge on any atom is 0.124 e. The van der Waals surface area contributed by atoms with Crippen molar-refractivity contribution in [3.8, 4) is 0 Å². The van der Waals surface area contributed by atoms with Gasteiger partial charge in [0.2, 0.25) is 0 Å². The summed E-state index contributed by atoms with van der Waals surface area (Å²) >= 11 is 3.41. The van der Waals surface area contributed by atoms with Gasteiger partial charge in [-0.15, -0.1) is 23.5 Å². The lowest BCUT2D eigenvalue weighted by atomic mass is 10.1. The van der Waals surface area contributed by atoms with E-state index in [1.165, 1.54) is 5.56 Å². The normalized spacial score (nSPS) is 12.2. The monoisotopic (exact) mass is 225 g/mol. The van der Waals surface area contributed by atoms with Crippen LogP contribution in [0.15, 0.2) is 35.3 Å². The zero-order chi connectivity index (χ0) is 10.4. The lowest BCUT2D eigenvalue weighted by molar-refractivity contribution is 0.826. The van der Waals surface area contributed by atoms with Crippen molar-refractivity contribution in [1.82, 2.24) is 0 Å². The highest BCUT2D eigenvalue weighted by molar-refractivity contribution is 8.38. The van der Waals surface area contributed by atoms with Crippen LogP contribution < -0.4 is 0 Å². The molecule has 0 heterocycles. The molecule has 0 aliphatic rings. The average molecular weight is 225 g/mol. The van der Waals surface area contributed by atoms with Crippen molar-refractivity contribution >= 4 is 27.9 Å². The predicted octanol–water partition coefficient (Wildman–Crippen LogP) is 3.83. The summed E-state index contributed by atoms with van der Waals surface area (Å²) in [6.07, 6.45) is 4.13. The van der Waals surface area contributed by atoms with E-state index in [1.807, 2.05) is 6.07 Å². The van der Waals surface area contributed by atoms with Crippen molar-refractivity contribution in [3.05, 3.63) is 35.9 Å². The molecule has 0 aliphatic carbocycles. The Kier molecular flexibility index (Phi) is 5.12. The van der Waals surface area contributed by atoms with Gasteiger partial charge in [0.25, 0.3) is 0 Å². The Bertz CT molecular complexity index is 289. The molecule has 1 atom stereocenters. The van der Waals surface area contributed by atoms with Gasteiger partial charge in [0.15, 0.2) is 0 Å². The molecule has 1 rings (SSSR count). The summed E-state index contributed by atoms with van der Waals surface area (Å²) in [7, 11) is 0. The number of hydrogen-bond acceptors (Lipinski definition) is 3. The second-order valence-electron chi connectivity index (χ2n) is 2.89. The fraction of sp³-hybridized carbons (Fsp3) is 0.364. The second-order valence-corrected chi connectivity index (χ2v) is 4.74. The van der Waals surface area contributed by atoms with Crippen LogP contribution in [0.4, 0.5) is 0 Å². The first kappa shape index (κ1) is 11.7. The lowest BCUT2D eigenvalue weighted by Crippen LogP contribution is -1.92. The van der Waals surface area contributed by atoms with Crippen molar-refractivity contribution in [2.24, 2.45) is 4.99 Å². The van der Waals surface area contributed by atoms with Crippen LogP contribution >= 0.6 is 23.5 Å². The molecule has 0 aliphatic heterocycles. The molecule has 1 nitrogen and oxygen atoms in total. The summed E-state index contributed by atoms with van der Waals surface area (Å²) < 4.78 is 1.14. The number of rotatable bonds is 2. The predicted molar refractivity (Wildman–Crippen MR) is 69.3 cm³/mol. The number of nitrogens with zero attached hydrogens (tertiary/aromatic N) is 1. The third-order valence-corrected chi connectivity index (χ3v) is 3.84. The van der Waals surface area contributed by atoms with Gasteiger partial charge >= 0.3 is 0 Å². The number of thioether (sulfide) groups is 2. The minimum atomic E-state index is 0.256. The maximum absolute atomic E-state index is 4.63. The average Bonchev–Trinajstić information content (AvgIpc) is 2.26. The van der Waals surface area contributed by atoms with Crippen LogP contribution in [-0.4, -0.2) is 16.9 Å². The zero-order valence-electron chi connectivity index (χ0n) is 8.73. The summed E-state index contributed by atoms with van der Waals surface area (Å²) in [5.74, 6) is 0. The molecule has 0 saturated heterocycles. The maximum atomic E-state index is 4.63. The van der Waals surface area contributed by atoms with E-state index in [2.05, 4.69) is 48.7 Å². The molecule has 1 unspecified atom stereocenters. The first-order valence-electron chi connectivity index (χ1n) is 4.48. The van der Waals surface area contributed by atoms with E-state index in [0.717, 1.165) is 4.38 Å². The van der Waals surface area contributed by atoms with Crippen LogP contribution in [-0.2, 0) is 0 Å². The smallest absolute Gasteiger partial charge is 0.124 e. The Morgan fingerprint density at radius 1 is 1.14 bits per heavy atom. The lowest BCUT2D eigenvalue weighted by Gasteiger charge is -2.08. The van der Waals surface area contributed by atoms with Gasteiger partial charge in [-0.3, -0.25) is 4.99 Å². The van der Waals surface area contributed by atoms with Crippen LogP contribution in [0.5, 0.6) is 0 Å². The standard InChI is InChI=1S/C11H15NS2/c1-9(12-11(13-2)14-3)10-7-5-4-6-8-10/h4-9H,1-3H3. The molecule has 0 aromatic heterocycles. The molecular formula is C11H15NS2. The Labute approximate surface area is 94.4 Å². The molecule has 0 saturated carbocycles. The topological polar surface area (TPSA) is 12.4 Å². The summed E-state index contributed by atoms with van der Waals surface area (Å²) in [5, 5.41) is 0. The van der Waals surface area contributed by atoms with Gasteiger partial charge < -0.3 is 0 Å². The Morgan fingerprint density at radius 3 is 2.21 bits per heavy atom. The fourth-order valence-corrected chi connectivity index (χ4v) is 2.35. The van der Waals surface area contributed by atoms with E-state index >= 15 is 0 Å². The molecule has 3 heteroatoms. The SMILES string of the molecule is CSC(=NC(C)c1ccccc1)SC. The Morgan fingerprint density at radius 2 is 1.71 bits per heavy atom. The molecule has 0 bridgehead atoms. The third kappa shape index (κ3) is 3.39. The van der Waals surface area contributed by atoms with Crippen molar-refractivity contribution in [2.45, 2.75) is 13.0 Å². The van der Waals surface area contributed by atoms with Gasteiger partial charge in [0.1, 0.15) is 4.38 Å². The van der Waals surface area contributed by atoms with E-state index in [1.54, 1.807) is 23.5 Å². The van der Waals surface area contributed by atoms with E-state index < -0.39 is 0 Å². The van der Waals surface area contributed by atoms with E-state index in [-0.39, 0.29) is 6.04 Å². The molecule has 76 valence electrons. The van der Waals surface area contributed by atoms with Crippen molar-refractivity contribution in [1.29, 1.82) is 0 Å². The first-order chi connectivity index (χ1) is 6.77. The molecule has 0 fully saturated rings. The Balaban J connectivity index is 2.76. The minimum absolute atomic E-state index is 0.256. The summed E-state index contributed by atoms with van der Waals surface area (Å²) in [6.45, 7) is 2.13. The summed E-state index contributed by atoms with van der Waals surface area (Å²) in [6, 6.07) is 10.6. The highest BCUT2D eigenvalue weighted by atomic mass is 32.2. The molecule has 0 N–H and O–H groups in total. The molecule has 0 spiro atoms. The molecule has 0 radical (unpaired) electrons. The first-order valence-corrected chi connectivity index (χ1v) is 6.93. The van der Waals surface area contributed by atoms with Gasteiger partial charge in [0, 0.05) is 0 Å². The van der Waals surface area contributed by atoms with Gasteiger partial charge in [-0.2, -0.15) is 0 Å². The van der Waals surface area contributed by atoms with Gasteiger partial charge in [-0.05, 0) is 25.0 Å². The van der Waals surface area contributed by atoms with Crippen molar-refractivity contribution < 1.29 is 0 Å². The number of aliphatic imine (C=N–C) groups is 1. The van der Waals surface area contributed by atoms with Gasteiger partial charge in [-0.25, -0.2) is 0 Å².